The predicted octanol–water partition coefficient (Wildman–Crippen LogP) is 4.86. The first-order valence-electron chi connectivity index (χ1n) is 9.53. The third-order valence-corrected chi connectivity index (χ3v) is 8.63. The molecule has 2 aromatic carbocycles. The molecular weight excluding hydrogens is 461 g/mol. The van der Waals surface area contributed by atoms with Crippen molar-refractivity contribution in [2.45, 2.75) is 18.2 Å². The van der Waals surface area contributed by atoms with Crippen molar-refractivity contribution >= 4 is 49.7 Å². The standard InChI is InChI=1S/C21H21Cl2N3O2S2/c1-15-3-2-4-16(11-15)12-17-14-29-21(24-17)25-7-9-26(10-8-25)30(27,28)18-5-6-19(22)20(23)13-18/h2-6,11,13-14H,7-10,12H2,1H3. The second-order valence-corrected chi connectivity index (χ2v) is 10.8. The van der Waals surface area contributed by atoms with Gasteiger partial charge in [-0.2, -0.15) is 4.31 Å². The minimum atomic E-state index is -3.60. The maximum atomic E-state index is 12.9. The Morgan fingerprint density at radius 1 is 1.03 bits per heavy atom. The van der Waals surface area contributed by atoms with Crippen LogP contribution in [0.4, 0.5) is 5.13 Å². The van der Waals surface area contributed by atoms with Gasteiger partial charge in [-0.3, -0.25) is 0 Å². The second kappa shape index (κ2) is 8.85. The normalized spacial score (nSPS) is 15.5. The van der Waals surface area contributed by atoms with E-state index in [1.165, 1.54) is 33.6 Å². The summed E-state index contributed by atoms with van der Waals surface area (Å²) in [6, 6.07) is 12.8. The number of benzene rings is 2. The highest BCUT2D eigenvalue weighted by Crippen LogP contribution is 2.28. The molecule has 3 aromatic rings. The van der Waals surface area contributed by atoms with Gasteiger partial charge in [0, 0.05) is 38.0 Å². The Labute approximate surface area is 190 Å². The molecule has 1 aliphatic rings. The van der Waals surface area contributed by atoms with Gasteiger partial charge < -0.3 is 4.90 Å². The Morgan fingerprint density at radius 2 is 1.80 bits per heavy atom. The number of aromatic nitrogens is 1. The van der Waals surface area contributed by atoms with Crippen LogP contribution in [0.25, 0.3) is 0 Å². The van der Waals surface area contributed by atoms with Crippen molar-refractivity contribution in [3.05, 3.63) is 74.7 Å². The summed E-state index contributed by atoms with van der Waals surface area (Å²) in [7, 11) is -3.60. The number of hydrogen-bond acceptors (Lipinski definition) is 5. The van der Waals surface area contributed by atoms with Gasteiger partial charge in [0.15, 0.2) is 5.13 Å². The van der Waals surface area contributed by atoms with E-state index in [0.29, 0.717) is 31.2 Å². The molecule has 0 aliphatic carbocycles. The zero-order valence-electron chi connectivity index (χ0n) is 16.4. The topological polar surface area (TPSA) is 53.5 Å². The first kappa shape index (κ1) is 21.6. The Bertz CT molecular complexity index is 1160. The average Bonchev–Trinajstić information content (AvgIpc) is 3.18. The summed E-state index contributed by atoms with van der Waals surface area (Å²) in [4.78, 5) is 7.08. The van der Waals surface area contributed by atoms with Gasteiger partial charge in [-0.05, 0) is 30.7 Å². The lowest BCUT2D eigenvalue weighted by Gasteiger charge is -2.33. The predicted molar refractivity (Wildman–Crippen MR) is 124 cm³/mol. The zero-order chi connectivity index (χ0) is 21.3. The summed E-state index contributed by atoms with van der Waals surface area (Å²) in [6.45, 7) is 4.07. The molecule has 1 saturated heterocycles. The Morgan fingerprint density at radius 3 is 2.50 bits per heavy atom. The number of sulfonamides is 1. The third kappa shape index (κ3) is 4.65. The molecule has 0 atom stereocenters. The number of piperazine rings is 1. The minimum absolute atomic E-state index is 0.167. The van der Waals surface area contributed by atoms with Crippen LogP contribution >= 0.6 is 34.5 Å². The van der Waals surface area contributed by atoms with Crippen LogP contribution in [-0.4, -0.2) is 43.9 Å². The van der Waals surface area contributed by atoms with Crippen LogP contribution in [0.3, 0.4) is 0 Å². The van der Waals surface area contributed by atoms with Crippen LogP contribution < -0.4 is 4.90 Å². The fraction of sp³-hybridized carbons (Fsp3) is 0.286. The lowest BCUT2D eigenvalue weighted by molar-refractivity contribution is 0.384. The molecule has 2 heterocycles. The van der Waals surface area contributed by atoms with E-state index in [0.717, 1.165) is 17.2 Å². The summed E-state index contributed by atoms with van der Waals surface area (Å²) >= 11 is 13.5. The molecule has 9 heteroatoms. The molecular formula is C21H21Cl2N3O2S2. The van der Waals surface area contributed by atoms with Gasteiger partial charge in [-0.15, -0.1) is 11.3 Å². The maximum Gasteiger partial charge on any atom is 0.243 e. The lowest BCUT2D eigenvalue weighted by Crippen LogP contribution is -2.48. The van der Waals surface area contributed by atoms with E-state index in [9.17, 15) is 8.42 Å². The number of aryl methyl sites for hydroxylation is 1. The quantitative estimate of drug-likeness (QED) is 0.521. The molecule has 0 saturated carbocycles. The van der Waals surface area contributed by atoms with E-state index in [2.05, 4.69) is 41.5 Å². The van der Waals surface area contributed by atoms with Crippen molar-refractivity contribution in [3.8, 4) is 0 Å². The SMILES string of the molecule is Cc1cccc(Cc2csc(N3CCN(S(=O)(=O)c4ccc(Cl)c(Cl)c4)CC3)n2)c1. The van der Waals surface area contributed by atoms with E-state index in [-0.39, 0.29) is 9.92 Å². The van der Waals surface area contributed by atoms with E-state index >= 15 is 0 Å². The van der Waals surface area contributed by atoms with E-state index in [1.54, 1.807) is 11.3 Å². The van der Waals surface area contributed by atoms with Crippen LogP contribution in [0.5, 0.6) is 0 Å². The van der Waals surface area contributed by atoms with Crippen molar-refractivity contribution in [3.63, 3.8) is 0 Å². The molecule has 0 radical (unpaired) electrons. The van der Waals surface area contributed by atoms with Crippen molar-refractivity contribution < 1.29 is 8.42 Å². The first-order valence-corrected chi connectivity index (χ1v) is 12.6. The van der Waals surface area contributed by atoms with Gasteiger partial charge in [0.25, 0.3) is 0 Å². The zero-order valence-corrected chi connectivity index (χ0v) is 19.5. The highest BCUT2D eigenvalue weighted by molar-refractivity contribution is 7.89. The summed E-state index contributed by atoms with van der Waals surface area (Å²) < 4.78 is 27.3. The summed E-state index contributed by atoms with van der Waals surface area (Å²) in [6.07, 6.45) is 0.795. The molecule has 30 heavy (non-hydrogen) atoms. The van der Waals surface area contributed by atoms with Gasteiger partial charge in [-0.25, -0.2) is 13.4 Å². The highest BCUT2D eigenvalue weighted by atomic mass is 35.5. The van der Waals surface area contributed by atoms with Gasteiger partial charge in [0.05, 0.1) is 20.6 Å². The molecule has 1 aliphatic heterocycles. The lowest BCUT2D eigenvalue weighted by atomic mass is 10.1. The van der Waals surface area contributed by atoms with Gasteiger partial charge in [0.2, 0.25) is 10.0 Å². The number of rotatable bonds is 5. The van der Waals surface area contributed by atoms with Crippen LogP contribution in [0, 0.1) is 6.92 Å². The number of anilines is 1. The number of halogens is 2. The Balaban J connectivity index is 1.41. The third-order valence-electron chi connectivity index (χ3n) is 5.05. The molecule has 5 nitrogen and oxygen atoms in total. The van der Waals surface area contributed by atoms with Crippen molar-refractivity contribution in [1.29, 1.82) is 0 Å². The number of hydrogen-bond donors (Lipinski definition) is 0. The van der Waals surface area contributed by atoms with E-state index in [4.69, 9.17) is 28.2 Å². The van der Waals surface area contributed by atoms with Gasteiger partial charge >= 0.3 is 0 Å². The van der Waals surface area contributed by atoms with Crippen LogP contribution in [-0.2, 0) is 16.4 Å². The van der Waals surface area contributed by atoms with Crippen molar-refractivity contribution in [2.24, 2.45) is 0 Å². The van der Waals surface area contributed by atoms with E-state index in [1.807, 2.05) is 0 Å². The van der Waals surface area contributed by atoms with Crippen molar-refractivity contribution in [1.82, 2.24) is 9.29 Å². The van der Waals surface area contributed by atoms with Crippen molar-refractivity contribution in [2.75, 3.05) is 31.1 Å². The van der Waals surface area contributed by atoms with Crippen LogP contribution in [0.15, 0.2) is 52.7 Å². The monoisotopic (exact) mass is 481 g/mol. The number of thiazole rings is 1. The summed E-state index contributed by atoms with van der Waals surface area (Å²) in [5, 5.41) is 3.59. The molecule has 1 fully saturated rings. The highest BCUT2D eigenvalue weighted by Gasteiger charge is 2.29. The largest absolute Gasteiger partial charge is 0.345 e. The fourth-order valence-corrected chi connectivity index (χ4v) is 6.15. The summed E-state index contributed by atoms with van der Waals surface area (Å²) in [5.74, 6) is 0. The molecule has 0 bridgehead atoms. The van der Waals surface area contributed by atoms with Crippen LogP contribution in [0.1, 0.15) is 16.8 Å². The molecule has 0 spiro atoms. The average molecular weight is 482 g/mol. The molecule has 4 rings (SSSR count). The van der Waals surface area contributed by atoms with Crippen LogP contribution in [0.2, 0.25) is 10.0 Å². The van der Waals surface area contributed by atoms with Gasteiger partial charge in [-0.1, -0.05) is 53.0 Å². The molecule has 0 N–H and O–H groups in total. The second-order valence-electron chi connectivity index (χ2n) is 7.25. The summed E-state index contributed by atoms with van der Waals surface area (Å²) in [5.41, 5.74) is 3.51. The molecule has 158 valence electrons. The minimum Gasteiger partial charge on any atom is -0.345 e. The smallest absolute Gasteiger partial charge is 0.243 e. The Kier molecular flexibility index (Phi) is 6.36. The van der Waals surface area contributed by atoms with E-state index < -0.39 is 10.0 Å². The molecule has 0 amide bonds. The fourth-order valence-electron chi connectivity index (χ4n) is 3.46. The first-order chi connectivity index (χ1) is 14.3. The maximum absolute atomic E-state index is 12.9. The van der Waals surface area contributed by atoms with Gasteiger partial charge in [0.1, 0.15) is 0 Å². The molecule has 1 aromatic heterocycles. The number of nitrogens with zero attached hydrogens (tertiary/aromatic N) is 3. The molecule has 0 unspecified atom stereocenters. The Hall–Kier alpha value is -1.64.